The highest BCUT2D eigenvalue weighted by molar-refractivity contribution is 6.10. The molecule has 0 bridgehead atoms. The molecule has 0 atom stereocenters. The third-order valence-electron chi connectivity index (χ3n) is 3.76. The van der Waals surface area contributed by atoms with Gasteiger partial charge in [-0.15, -0.1) is 0 Å². The monoisotopic (exact) mass is 326 g/mol. The molecule has 0 aliphatic heterocycles. The standard InChI is InChI=1S/C21H26O3/c1-3-5-14-23-18-12-13-19(20(16-18)24-15-6-4-2)21(22)17-10-8-7-9-11-17/h7-13,16H,3-6,14-15H2,1-2H3. The molecule has 0 saturated heterocycles. The molecule has 0 radical (unpaired) electrons. The molecule has 0 fully saturated rings. The molecule has 0 spiro atoms. The molecule has 0 aromatic heterocycles. The number of rotatable bonds is 10. The van der Waals surface area contributed by atoms with Crippen molar-refractivity contribution in [1.82, 2.24) is 0 Å². The SMILES string of the molecule is CCCCOc1ccc(C(=O)c2ccccc2)c(OCCCC)c1. The van der Waals surface area contributed by atoms with E-state index in [9.17, 15) is 4.79 Å². The van der Waals surface area contributed by atoms with Gasteiger partial charge in [0.2, 0.25) is 0 Å². The van der Waals surface area contributed by atoms with Crippen molar-refractivity contribution >= 4 is 5.78 Å². The Morgan fingerprint density at radius 3 is 2.21 bits per heavy atom. The molecule has 0 heterocycles. The van der Waals surface area contributed by atoms with Gasteiger partial charge in [-0.1, -0.05) is 57.0 Å². The van der Waals surface area contributed by atoms with Gasteiger partial charge in [-0.2, -0.15) is 0 Å². The van der Waals surface area contributed by atoms with Gasteiger partial charge in [-0.3, -0.25) is 4.79 Å². The van der Waals surface area contributed by atoms with Gasteiger partial charge in [0.1, 0.15) is 11.5 Å². The molecule has 2 rings (SSSR count). The van der Waals surface area contributed by atoms with E-state index in [1.807, 2.05) is 42.5 Å². The zero-order valence-electron chi connectivity index (χ0n) is 14.6. The lowest BCUT2D eigenvalue weighted by atomic mass is 10.0. The average molecular weight is 326 g/mol. The maximum Gasteiger partial charge on any atom is 0.196 e. The van der Waals surface area contributed by atoms with E-state index in [0.29, 0.717) is 30.1 Å². The van der Waals surface area contributed by atoms with Crippen LogP contribution in [0.4, 0.5) is 0 Å². The molecule has 3 heteroatoms. The zero-order chi connectivity index (χ0) is 17.2. The van der Waals surface area contributed by atoms with Crippen LogP contribution in [-0.4, -0.2) is 19.0 Å². The highest BCUT2D eigenvalue weighted by Gasteiger charge is 2.15. The van der Waals surface area contributed by atoms with Crippen LogP contribution in [0.25, 0.3) is 0 Å². The first kappa shape index (κ1) is 18.1. The Balaban J connectivity index is 2.22. The molecule has 128 valence electrons. The van der Waals surface area contributed by atoms with Crippen molar-refractivity contribution in [2.75, 3.05) is 13.2 Å². The molecule has 0 aliphatic carbocycles. The largest absolute Gasteiger partial charge is 0.493 e. The van der Waals surface area contributed by atoms with Crippen molar-refractivity contribution in [3.63, 3.8) is 0 Å². The lowest BCUT2D eigenvalue weighted by Crippen LogP contribution is -2.07. The average Bonchev–Trinajstić information content (AvgIpc) is 2.63. The van der Waals surface area contributed by atoms with Crippen LogP contribution in [0.5, 0.6) is 11.5 Å². The van der Waals surface area contributed by atoms with Crippen molar-refractivity contribution < 1.29 is 14.3 Å². The lowest BCUT2D eigenvalue weighted by Gasteiger charge is -2.13. The normalized spacial score (nSPS) is 10.4. The van der Waals surface area contributed by atoms with Gasteiger partial charge in [0, 0.05) is 11.6 Å². The van der Waals surface area contributed by atoms with Gasteiger partial charge in [-0.25, -0.2) is 0 Å². The fourth-order valence-electron chi connectivity index (χ4n) is 2.31. The summed E-state index contributed by atoms with van der Waals surface area (Å²) < 4.78 is 11.6. The molecule has 0 saturated carbocycles. The number of ether oxygens (including phenoxy) is 2. The third kappa shape index (κ3) is 5.12. The van der Waals surface area contributed by atoms with E-state index in [1.165, 1.54) is 0 Å². The van der Waals surface area contributed by atoms with Gasteiger partial charge in [0.05, 0.1) is 18.8 Å². The number of ketones is 1. The summed E-state index contributed by atoms with van der Waals surface area (Å²) >= 11 is 0. The molecular weight excluding hydrogens is 300 g/mol. The van der Waals surface area contributed by atoms with Crippen LogP contribution in [0.2, 0.25) is 0 Å². The Kier molecular flexibility index (Phi) is 7.34. The molecule has 0 unspecified atom stereocenters. The van der Waals surface area contributed by atoms with Gasteiger partial charge < -0.3 is 9.47 Å². The molecule has 0 N–H and O–H groups in total. The maximum atomic E-state index is 12.8. The summed E-state index contributed by atoms with van der Waals surface area (Å²) in [7, 11) is 0. The van der Waals surface area contributed by atoms with Crippen molar-refractivity contribution in [3.05, 3.63) is 59.7 Å². The highest BCUT2D eigenvalue weighted by Crippen LogP contribution is 2.27. The first-order valence-corrected chi connectivity index (χ1v) is 8.75. The lowest BCUT2D eigenvalue weighted by molar-refractivity contribution is 0.103. The zero-order valence-corrected chi connectivity index (χ0v) is 14.6. The first-order chi connectivity index (χ1) is 11.8. The van der Waals surface area contributed by atoms with Crippen LogP contribution in [0, 0.1) is 0 Å². The Hall–Kier alpha value is -2.29. The van der Waals surface area contributed by atoms with E-state index in [0.717, 1.165) is 31.4 Å². The van der Waals surface area contributed by atoms with E-state index in [2.05, 4.69) is 13.8 Å². The Bertz CT molecular complexity index is 635. The van der Waals surface area contributed by atoms with Crippen LogP contribution in [0.1, 0.15) is 55.5 Å². The fourth-order valence-corrected chi connectivity index (χ4v) is 2.31. The Morgan fingerprint density at radius 2 is 1.54 bits per heavy atom. The minimum atomic E-state index is -0.0257. The smallest absolute Gasteiger partial charge is 0.196 e. The van der Waals surface area contributed by atoms with E-state index in [4.69, 9.17) is 9.47 Å². The molecule has 3 nitrogen and oxygen atoms in total. The maximum absolute atomic E-state index is 12.8. The second-order valence-electron chi connectivity index (χ2n) is 5.76. The van der Waals surface area contributed by atoms with Crippen LogP contribution >= 0.6 is 0 Å². The van der Waals surface area contributed by atoms with Crippen molar-refractivity contribution in [1.29, 1.82) is 0 Å². The van der Waals surface area contributed by atoms with E-state index >= 15 is 0 Å². The van der Waals surface area contributed by atoms with Gasteiger partial charge in [0.15, 0.2) is 5.78 Å². The predicted molar refractivity (Wildman–Crippen MR) is 97.1 cm³/mol. The minimum Gasteiger partial charge on any atom is -0.493 e. The van der Waals surface area contributed by atoms with Crippen LogP contribution in [-0.2, 0) is 0 Å². The highest BCUT2D eigenvalue weighted by atomic mass is 16.5. The quantitative estimate of drug-likeness (QED) is 0.440. The summed E-state index contributed by atoms with van der Waals surface area (Å²) in [5, 5.41) is 0. The van der Waals surface area contributed by atoms with E-state index < -0.39 is 0 Å². The van der Waals surface area contributed by atoms with Crippen molar-refractivity contribution in [3.8, 4) is 11.5 Å². The molecule has 2 aromatic carbocycles. The van der Waals surface area contributed by atoms with E-state index in [1.54, 1.807) is 6.07 Å². The number of hydrogen-bond acceptors (Lipinski definition) is 3. The second kappa shape index (κ2) is 9.76. The number of carbonyl (C=O) groups excluding carboxylic acids is 1. The van der Waals surface area contributed by atoms with Gasteiger partial charge in [0.25, 0.3) is 0 Å². The number of carbonyl (C=O) groups is 1. The second-order valence-corrected chi connectivity index (χ2v) is 5.76. The minimum absolute atomic E-state index is 0.0257. The topological polar surface area (TPSA) is 35.5 Å². The summed E-state index contributed by atoms with van der Waals surface area (Å²) in [6, 6.07) is 14.8. The first-order valence-electron chi connectivity index (χ1n) is 8.75. The summed E-state index contributed by atoms with van der Waals surface area (Å²) in [4.78, 5) is 12.8. The van der Waals surface area contributed by atoms with Gasteiger partial charge >= 0.3 is 0 Å². The molecule has 0 amide bonds. The molecule has 24 heavy (non-hydrogen) atoms. The molecule has 2 aromatic rings. The number of hydrogen-bond donors (Lipinski definition) is 0. The third-order valence-corrected chi connectivity index (χ3v) is 3.76. The molecule has 0 aliphatic rings. The predicted octanol–water partition coefficient (Wildman–Crippen LogP) is 5.28. The van der Waals surface area contributed by atoms with Crippen molar-refractivity contribution in [2.45, 2.75) is 39.5 Å². The number of benzene rings is 2. The summed E-state index contributed by atoms with van der Waals surface area (Å²) in [6.07, 6.45) is 4.11. The number of unbranched alkanes of at least 4 members (excludes halogenated alkanes) is 2. The Morgan fingerprint density at radius 1 is 0.875 bits per heavy atom. The fraction of sp³-hybridized carbons (Fsp3) is 0.381. The van der Waals surface area contributed by atoms with Gasteiger partial charge in [-0.05, 0) is 25.0 Å². The van der Waals surface area contributed by atoms with Crippen LogP contribution < -0.4 is 9.47 Å². The van der Waals surface area contributed by atoms with Crippen LogP contribution in [0.3, 0.4) is 0 Å². The van der Waals surface area contributed by atoms with Crippen LogP contribution in [0.15, 0.2) is 48.5 Å². The Labute approximate surface area is 144 Å². The van der Waals surface area contributed by atoms with E-state index in [-0.39, 0.29) is 5.78 Å². The summed E-state index contributed by atoms with van der Waals surface area (Å²) in [5.74, 6) is 1.33. The molecular formula is C21H26O3. The summed E-state index contributed by atoms with van der Waals surface area (Å²) in [5.41, 5.74) is 1.25. The summed E-state index contributed by atoms with van der Waals surface area (Å²) in [6.45, 7) is 5.52. The van der Waals surface area contributed by atoms with Crippen molar-refractivity contribution in [2.24, 2.45) is 0 Å².